The normalized spacial score (nSPS) is 10.9. The van der Waals surface area contributed by atoms with Crippen molar-refractivity contribution in [2.45, 2.75) is 19.4 Å². The zero-order chi connectivity index (χ0) is 24.9. The number of halogens is 1. The second kappa shape index (κ2) is 10.6. The van der Waals surface area contributed by atoms with E-state index >= 15 is 0 Å². The molecular weight excluding hydrogens is 470 g/mol. The standard InChI is InChI=1S/C30H24ClN3O2/c31-28-10-9-24-14-22(7-8-25(24)16-28)18-34-30(36)27-15-23(17-32-19-27)12-20-3-5-21(6-4-20)13-26-2-1-11-33-29(26)35/h1-11,14-17,19H,12-13,18H2,(H,33,35)(H,34,36). The number of aromatic nitrogens is 2. The first-order chi connectivity index (χ1) is 17.5. The van der Waals surface area contributed by atoms with Gasteiger partial charge in [0.15, 0.2) is 0 Å². The van der Waals surface area contributed by atoms with Crippen molar-refractivity contribution in [3.8, 4) is 0 Å². The van der Waals surface area contributed by atoms with Crippen molar-refractivity contribution in [3.05, 3.63) is 146 Å². The van der Waals surface area contributed by atoms with Gasteiger partial charge in [0.2, 0.25) is 0 Å². The number of H-pyrrole nitrogens is 1. The molecule has 5 rings (SSSR count). The average Bonchev–Trinajstić information content (AvgIpc) is 2.90. The highest BCUT2D eigenvalue weighted by molar-refractivity contribution is 6.31. The lowest BCUT2D eigenvalue weighted by molar-refractivity contribution is 0.0950. The summed E-state index contributed by atoms with van der Waals surface area (Å²) in [5, 5.41) is 5.83. The van der Waals surface area contributed by atoms with E-state index in [-0.39, 0.29) is 11.5 Å². The van der Waals surface area contributed by atoms with E-state index in [2.05, 4.69) is 21.4 Å². The van der Waals surface area contributed by atoms with Crippen molar-refractivity contribution in [3.63, 3.8) is 0 Å². The van der Waals surface area contributed by atoms with Gasteiger partial charge in [-0.25, -0.2) is 0 Å². The summed E-state index contributed by atoms with van der Waals surface area (Å²) in [5.74, 6) is -0.163. The number of hydrogen-bond acceptors (Lipinski definition) is 3. The largest absolute Gasteiger partial charge is 0.348 e. The van der Waals surface area contributed by atoms with Gasteiger partial charge >= 0.3 is 0 Å². The fourth-order valence-corrected chi connectivity index (χ4v) is 4.38. The quantitative estimate of drug-likeness (QED) is 0.306. The van der Waals surface area contributed by atoms with Crippen LogP contribution in [0, 0.1) is 0 Å². The van der Waals surface area contributed by atoms with Gasteiger partial charge in [-0.15, -0.1) is 0 Å². The number of amides is 1. The van der Waals surface area contributed by atoms with Crippen LogP contribution in [0.15, 0.2) is 102 Å². The smallest absolute Gasteiger partial charge is 0.253 e. The third-order valence-corrected chi connectivity index (χ3v) is 6.34. The Hall–Kier alpha value is -4.22. The Bertz CT molecular complexity index is 1590. The zero-order valence-electron chi connectivity index (χ0n) is 19.5. The number of nitrogens with zero attached hydrogens (tertiary/aromatic N) is 1. The Morgan fingerprint density at radius 3 is 2.33 bits per heavy atom. The van der Waals surface area contributed by atoms with Gasteiger partial charge in [0, 0.05) is 42.1 Å². The molecule has 5 nitrogen and oxygen atoms in total. The molecule has 0 saturated carbocycles. The molecule has 0 unspecified atom stereocenters. The molecule has 0 aliphatic rings. The summed E-state index contributed by atoms with van der Waals surface area (Å²) >= 11 is 6.06. The number of pyridine rings is 2. The van der Waals surface area contributed by atoms with E-state index in [9.17, 15) is 9.59 Å². The van der Waals surface area contributed by atoms with Crippen molar-refractivity contribution in [2.75, 3.05) is 0 Å². The predicted octanol–water partition coefficient (Wildman–Crippen LogP) is 5.69. The molecular formula is C30H24ClN3O2. The van der Waals surface area contributed by atoms with E-state index in [1.807, 2.05) is 72.8 Å². The highest BCUT2D eigenvalue weighted by Gasteiger charge is 2.09. The van der Waals surface area contributed by atoms with Crippen LogP contribution in [0.2, 0.25) is 5.02 Å². The number of carbonyl (C=O) groups excluding carboxylic acids is 1. The summed E-state index contributed by atoms with van der Waals surface area (Å²) in [4.78, 5) is 31.7. The van der Waals surface area contributed by atoms with Crippen molar-refractivity contribution < 1.29 is 4.79 Å². The molecule has 178 valence electrons. The van der Waals surface area contributed by atoms with E-state index in [4.69, 9.17) is 11.6 Å². The Morgan fingerprint density at radius 2 is 1.53 bits per heavy atom. The average molecular weight is 494 g/mol. The number of nitrogens with one attached hydrogen (secondary N) is 2. The molecule has 0 spiro atoms. The minimum Gasteiger partial charge on any atom is -0.348 e. The molecule has 3 aromatic carbocycles. The highest BCUT2D eigenvalue weighted by Crippen LogP contribution is 2.21. The molecule has 0 radical (unpaired) electrons. The van der Waals surface area contributed by atoms with E-state index < -0.39 is 0 Å². The number of carbonyl (C=O) groups is 1. The van der Waals surface area contributed by atoms with Crippen LogP contribution < -0.4 is 10.9 Å². The van der Waals surface area contributed by atoms with Gasteiger partial charge in [0.1, 0.15) is 0 Å². The monoisotopic (exact) mass is 493 g/mol. The number of benzene rings is 3. The van der Waals surface area contributed by atoms with E-state index in [1.54, 1.807) is 18.6 Å². The van der Waals surface area contributed by atoms with Crippen LogP contribution in [-0.4, -0.2) is 15.9 Å². The molecule has 0 bridgehead atoms. The van der Waals surface area contributed by atoms with Gasteiger partial charge in [0.25, 0.3) is 11.5 Å². The molecule has 1 amide bonds. The third kappa shape index (κ3) is 5.70. The summed E-state index contributed by atoms with van der Waals surface area (Å²) in [5.41, 5.74) is 5.35. The number of fused-ring (bicyclic) bond motifs is 1. The van der Waals surface area contributed by atoms with Gasteiger partial charge < -0.3 is 10.3 Å². The first kappa shape index (κ1) is 23.5. The molecule has 36 heavy (non-hydrogen) atoms. The summed E-state index contributed by atoms with van der Waals surface area (Å²) < 4.78 is 0. The third-order valence-electron chi connectivity index (χ3n) is 6.10. The van der Waals surface area contributed by atoms with Crippen LogP contribution in [0.1, 0.15) is 38.2 Å². The predicted molar refractivity (Wildman–Crippen MR) is 143 cm³/mol. The minimum absolute atomic E-state index is 0.0618. The van der Waals surface area contributed by atoms with Crippen molar-refractivity contribution in [1.82, 2.24) is 15.3 Å². The lowest BCUT2D eigenvalue weighted by atomic mass is 10.0. The number of hydrogen-bond donors (Lipinski definition) is 2. The van der Waals surface area contributed by atoms with Crippen LogP contribution in [0.5, 0.6) is 0 Å². The molecule has 0 aliphatic carbocycles. The summed E-state index contributed by atoms with van der Waals surface area (Å²) in [7, 11) is 0. The van der Waals surface area contributed by atoms with Crippen LogP contribution in [0.3, 0.4) is 0 Å². The Balaban J connectivity index is 1.21. The number of aromatic amines is 1. The number of rotatable bonds is 7. The second-order valence-corrected chi connectivity index (χ2v) is 9.22. The molecule has 0 aliphatic heterocycles. The molecule has 2 heterocycles. The molecule has 2 N–H and O–H groups in total. The fraction of sp³-hybridized carbons (Fsp3) is 0.100. The molecule has 6 heteroatoms. The molecule has 0 saturated heterocycles. The fourth-order valence-electron chi connectivity index (χ4n) is 4.20. The topological polar surface area (TPSA) is 74.8 Å². The van der Waals surface area contributed by atoms with Crippen LogP contribution in [0.25, 0.3) is 10.8 Å². The van der Waals surface area contributed by atoms with Gasteiger partial charge in [-0.3, -0.25) is 14.6 Å². The Labute approximate surface area is 213 Å². The van der Waals surface area contributed by atoms with Crippen LogP contribution in [0.4, 0.5) is 0 Å². The highest BCUT2D eigenvalue weighted by atomic mass is 35.5. The van der Waals surface area contributed by atoms with Crippen LogP contribution in [-0.2, 0) is 19.4 Å². The molecule has 2 aromatic heterocycles. The molecule has 5 aromatic rings. The van der Waals surface area contributed by atoms with Crippen LogP contribution >= 0.6 is 11.6 Å². The Morgan fingerprint density at radius 1 is 0.806 bits per heavy atom. The Kier molecular flexibility index (Phi) is 6.92. The summed E-state index contributed by atoms with van der Waals surface area (Å²) in [6.07, 6.45) is 6.24. The first-order valence-electron chi connectivity index (χ1n) is 11.7. The second-order valence-electron chi connectivity index (χ2n) is 8.78. The van der Waals surface area contributed by atoms with Gasteiger partial charge in [-0.1, -0.05) is 60.1 Å². The SMILES string of the molecule is O=C(NCc1ccc2cc(Cl)ccc2c1)c1cncc(Cc2ccc(Cc3ccc[nH]c3=O)cc2)c1. The molecule has 0 fully saturated rings. The van der Waals surface area contributed by atoms with Crippen molar-refractivity contribution in [2.24, 2.45) is 0 Å². The van der Waals surface area contributed by atoms with Crippen molar-refractivity contribution >= 4 is 28.3 Å². The minimum atomic E-state index is -0.163. The maximum Gasteiger partial charge on any atom is 0.253 e. The van der Waals surface area contributed by atoms with E-state index in [0.29, 0.717) is 30.0 Å². The summed E-state index contributed by atoms with van der Waals surface area (Å²) in [6, 6.07) is 25.5. The van der Waals surface area contributed by atoms with E-state index in [0.717, 1.165) is 38.6 Å². The van der Waals surface area contributed by atoms with Gasteiger partial charge in [-0.05, 0) is 69.8 Å². The van der Waals surface area contributed by atoms with Gasteiger partial charge in [0.05, 0.1) is 5.56 Å². The first-order valence-corrected chi connectivity index (χ1v) is 12.1. The zero-order valence-corrected chi connectivity index (χ0v) is 20.3. The molecule has 0 atom stereocenters. The van der Waals surface area contributed by atoms with Gasteiger partial charge in [-0.2, -0.15) is 0 Å². The van der Waals surface area contributed by atoms with E-state index in [1.165, 1.54) is 0 Å². The maximum absolute atomic E-state index is 12.8. The lowest BCUT2D eigenvalue weighted by Crippen LogP contribution is -2.23. The maximum atomic E-state index is 12.8. The lowest BCUT2D eigenvalue weighted by Gasteiger charge is -2.09. The summed E-state index contributed by atoms with van der Waals surface area (Å²) in [6.45, 7) is 0.424. The van der Waals surface area contributed by atoms with Crippen molar-refractivity contribution in [1.29, 1.82) is 0 Å².